The molecule has 0 N–H and O–H groups in total. The molecule has 1 saturated carbocycles. The number of rotatable bonds is 2. The Morgan fingerprint density at radius 2 is 1.34 bits per heavy atom. The molecule has 1 fully saturated rings. The first-order valence-corrected chi connectivity index (χ1v) is 12.6. The normalized spacial score (nSPS) is 35.7. The predicted octanol–water partition coefficient (Wildman–Crippen LogP) is 7.09. The van der Waals surface area contributed by atoms with Crippen LogP contribution < -0.4 is 0 Å². The minimum atomic E-state index is -0.778. The third-order valence-corrected chi connectivity index (χ3v) is 9.62. The van der Waals surface area contributed by atoms with Crippen molar-refractivity contribution in [3.63, 3.8) is 0 Å². The van der Waals surface area contributed by atoms with E-state index in [0.717, 1.165) is 24.0 Å². The van der Waals surface area contributed by atoms with Crippen LogP contribution in [0.1, 0.15) is 53.9 Å². The fourth-order valence-electron chi connectivity index (χ4n) is 8.22. The van der Waals surface area contributed by atoms with Crippen LogP contribution in [0.2, 0.25) is 0 Å². The molecule has 3 aromatic carbocycles. The third-order valence-electron chi connectivity index (χ3n) is 9.62. The highest BCUT2D eigenvalue weighted by molar-refractivity contribution is 5.73. The van der Waals surface area contributed by atoms with E-state index in [-0.39, 0.29) is 17.8 Å². The Bertz CT molecular complexity index is 1500. The van der Waals surface area contributed by atoms with E-state index in [1.807, 2.05) is 18.2 Å². The van der Waals surface area contributed by atoms with Crippen molar-refractivity contribution in [2.75, 3.05) is 0 Å². The fraction of sp³-hybridized carbons (Fsp3) is 0.273. The molecule has 0 saturated heterocycles. The Balaban J connectivity index is 1.61. The summed E-state index contributed by atoms with van der Waals surface area (Å²) in [6, 6.07) is 35.3. The second kappa shape index (κ2) is 6.84. The van der Waals surface area contributed by atoms with Gasteiger partial charge in [0.05, 0.1) is 17.6 Å². The summed E-state index contributed by atoms with van der Waals surface area (Å²) < 4.78 is 0. The first-order chi connectivity index (χ1) is 17.1. The van der Waals surface area contributed by atoms with Gasteiger partial charge in [-0.05, 0) is 46.6 Å². The summed E-state index contributed by atoms with van der Waals surface area (Å²) in [5, 5.41) is 22.1. The molecule has 0 aliphatic heterocycles. The molecule has 0 unspecified atom stereocenters. The maximum atomic E-state index is 11.2. The largest absolute Gasteiger partial charge is 0.197 e. The van der Waals surface area contributed by atoms with Gasteiger partial charge >= 0.3 is 0 Å². The van der Waals surface area contributed by atoms with Crippen molar-refractivity contribution in [2.24, 2.45) is 11.3 Å². The summed E-state index contributed by atoms with van der Waals surface area (Å²) in [6.07, 6.45) is 6.30. The van der Waals surface area contributed by atoms with Crippen LogP contribution >= 0.6 is 0 Å². The second-order valence-corrected chi connectivity index (χ2v) is 10.7. The fourth-order valence-corrected chi connectivity index (χ4v) is 8.22. The number of fused-ring (bicyclic) bond motifs is 3. The third kappa shape index (κ3) is 2.16. The molecule has 0 heterocycles. The molecule has 35 heavy (non-hydrogen) atoms. The molecule has 168 valence electrons. The molecule has 1 spiro atoms. The Kier molecular flexibility index (Phi) is 4.00. The van der Waals surface area contributed by atoms with E-state index in [4.69, 9.17) is 0 Å². The van der Waals surface area contributed by atoms with E-state index >= 15 is 0 Å². The zero-order chi connectivity index (χ0) is 23.8. The highest BCUT2D eigenvalue weighted by atomic mass is 14.8. The minimum absolute atomic E-state index is 0.0350. The first-order valence-electron chi connectivity index (χ1n) is 12.6. The van der Waals surface area contributed by atoms with Crippen LogP contribution in [0.25, 0.3) is 0 Å². The van der Waals surface area contributed by atoms with Crippen LogP contribution in [-0.4, -0.2) is 0 Å². The van der Waals surface area contributed by atoms with Gasteiger partial charge in [0.1, 0.15) is 5.41 Å². The zero-order valence-electron chi connectivity index (χ0n) is 19.8. The van der Waals surface area contributed by atoms with Crippen molar-refractivity contribution >= 4 is 0 Å². The summed E-state index contributed by atoms with van der Waals surface area (Å²) in [5.74, 6) is 0.469. The van der Waals surface area contributed by atoms with E-state index in [2.05, 4.69) is 97.9 Å². The van der Waals surface area contributed by atoms with E-state index in [1.54, 1.807) is 0 Å². The lowest BCUT2D eigenvalue weighted by Gasteiger charge is -2.67. The molecule has 0 amide bonds. The number of nitriles is 2. The minimum Gasteiger partial charge on any atom is -0.197 e. The quantitative estimate of drug-likeness (QED) is 0.391. The van der Waals surface area contributed by atoms with E-state index < -0.39 is 16.2 Å². The van der Waals surface area contributed by atoms with Gasteiger partial charge in [-0.3, -0.25) is 0 Å². The number of nitrogens with zero attached hydrogens (tertiary/aromatic N) is 2. The van der Waals surface area contributed by atoms with Gasteiger partial charge in [0.25, 0.3) is 0 Å². The monoisotopic (exact) mass is 450 g/mol. The van der Waals surface area contributed by atoms with Gasteiger partial charge in [-0.15, -0.1) is 0 Å². The van der Waals surface area contributed by atoms with Crippen LogP contribution in [0.4, 0.5) is 0 Å². The van der Waals surface area contributed by atoms with Gasteiger partial charge in [0.15, 0.2) is 0 Å². The molecule has 4 aliphatic rings. The van der Waals surface area contributed by atoms with Gasteiger partial charge in [0.2, 0.25) is 0 Å². The number of hydrogen-bond acceptors (Lipinski definition) is 2. The lowest BCUT2D eigenvalue weighted by Crippen LogP contribution is -2.66. The molecule has 0 bridgehead atoms. The lowest BCUT2D eigenvalue weighted by atomic mass is 9.32. The second-order valence-electron chi connectivity index (χ2n) is 10.7. The van der Waals surface area contributed by atoms with E-state index in [1.165, 1.54) is 22.3 Å². The maximum absolute atomic E-state index is 11.2. The van der Waals surface area contributed by atoms with Gasteiger partial charge in [-0.25, -0.2) is 0 Å². The van der Waals surface area contributed by atoms with Crippen molar-refractivity contribution in [3.8, 4) is 12.1 Å². The Hall–Kier alpha value is -3.88. The molecule has 2 nitrogen and oxygen atoms in total. The number of hydrogen-bond donors (Lipinski definition) is 0. The predicted molar refractivity (Wildman–Crippen MR) is 136 cm³/mol. The van der Waals surface area contributed by atoms with E-state index in [0.29, 0.717) is 0 Å². The Morgan fingerprint density at radius 3 is 1.97 bits per heavy atom. The topological polar surface area (TPSA) is 47.6 Å². The molecule has 2 heteroatoms. The van der Waals surface area contributed by atoms with Crippen molar-refractivity contribution in [2.45, 2.75) is 42.4 Å². The Morgan fingerprint density at radius 1 is 0.743 bits per heavy atom. The van der Waals surface area contributed by atoms with E-state index in [9.17, 15) is 10.5 Å². The number of benzene rings is 3. The first kappa shape index (κ1) is 20.5. The number of allylic oxidation sites excluding steroid dienone is 4. The van der Waals surface area contributed by atoms with Crippen molar-refractivity contribution < 1.29 is 0 Å². The molecule has 3 aromatic rings. The van der Waals surface area contributed by atoms with Gasteiger partial charge in [-0.2, -0.15) is 10.5 Å². The van der Waals surface area contributed by atoms with Crippen LogP contribution in [0.15, 0.2) is 108 Å². The molecule has 7 rings (SSSR count). The average molecular weight is 451 g/mol. The van der Waals surface area contributed by atoms with Crippen LogP contribution in [-0.2, 0) is 10.8 Å². The standard InChI is InChI=1S/C33H26N2/c1-22-16-17-33-29(24-12-6-3-7-13-24)19-31(33,20-34)26-14-8-9-15-27(26)32(21-35)28(18-25(22)30(32)33)23-10-4-2-5-11-23/h2-17,22,28-29H,18-19H2,1H3/t22-,28+,29-,31-,32-,33-/m1/s1. The maximum Gasteiger partial charge on any atom is 0.112 e. The van der Waals surface area contributed by atoms with Gasteiger partial charge < -0.3 is 0 Å². The average Bonchev–Trinajstić information content (AvgIpc) is 3.27. The summed E-state index contributed by atoms with van der Waals surface area (Å²) in [5.41, 5.74) is 5.24. The molecule has 0 radical (unpaired) electrons. The highest BCUT2D eigenvalue weighted by Crippen LogP contribution is 2.80. The van der Waals surface area contributed by atoms with Crippen LogP contribution in [0.3, 0.4) is 0 Å². The molecule has 0 aromatic heterocycles. The zero-order valence-corrected chi connectivity index (χ0v) is 19.8. The molecular weight excluding hydrogens is 424 g/mol. The van der Waals surface area contributed by atoms with Crippen molar-refractivity contribution in [1.29, 1.82) is 10.5 Å². The SMILES string of the molecule is C[C@@H]1C=C[C@@]23C4=C1C[C@@H](c1ccccc1)[C@@]4(C#N)c1ccccc1[C@]2(C#N)C[C@@H]3c1ccccc1. The van der Waals surface area contributed by atoms with Crippen molar-refractivity contribution in [3.05, 3.63) is 130 Å². The van der Waals surface area contributed by atoms with Gasteiger partial charge in [0, 0.05) is 17.3 Å². The Labute approximate surface area is 206 Å². The molecule has 4 aliphatic carbocycles. The summed E-state index contributed by atoms with van der Waals surface area (Å²) in [7, 11) is 0. The van der Waals surface area contributed by atoms with Crippen LogP contribution in [0, 0.1) is 34.0 Å². The molecular formula is C33H26N2. The smallest absolute Gasteiger partial charge is 0.112 e. The highest BCUT2D eigenvalue weighted by Gasteiger charge is 2.77. The van der Waals surface area contributed by atoms with Crippen molar-refractivity contribution in [1.82, 2.24) is 0 Å². The summed E-state index contributed by atoms with van der Waals surface area (Å²) >= 11 is 0. The van der Waals surface area contributed by atoms with Gasteiger partial charge in [-0.1, -0.05) is 110 Å². The summed E-state index contributed by atoms with van der Waals surface area (Å²) in [4.78, 5) is 0. The molecule has 6 atom stereocenters. The lowest BCUT2D eigenvalue weighted by molar-refractivity contribution is 0.0594. The van der Waals surface area contributed by atoms with Crippen LogP contribution in [0.5, 0.6) is 0 Å². The summed E-state index contributed by atoms with van der Waals surface area (Å²) in [6.45, 7) is 2.26.